The number of likely N-dealkylation sites (tertiary alicyclic amines) is 1. The highest BCUT2D eigenvalue weighted by Crippen LogP contribution is 2.39. The summed E-state index contributed by atoms with van der Waals surface area (Å²) in [6.07, 6.45) is 15.1. The molecule has 25 heavy (non-hydrogen) atoms. The number of hydrogen-bond donors (Lipinski definition) is 0. The zero-order valence-corrected chi connectivity index (χ0v) is 16.0. The number of thiophene rings is 1. The van der Waals surface area contributed by atoms with E-state index in [0.29, 0.717) is 6.04 Å². The lowest BCUT2D eigenvalue weighted by molar-refractivity contribution is -1.09. The van der Waals surface area contributed by atoms with Gasteiger partial charge in [-0.2, -0.15) is 0 Å². The average molecular weight is 358 g/mol. The van der Waals surface area contributed by atoms with Crippen LogP contribution in [-0.2, 0) is 11.3 Å². The first-order valence-corrected chi connectivity index (χ1v) is 10.5. The van der Waals surface area contributed by atoms with Crippen LogP contribution in [0, 0.1) is 0 Å². The summed E-state index contributed by atoms with van der Waals surface area (Å²) in [5.41, 5.74) is 2.80. The van der Waals surface area contributed by atoms with Gasteiger partial charge in [-0.05, 0) is 30.4 Å². The van der Waals surface area contributed by atoms with Crippen LogP contribution in [-0.4, -0.2) is 48.9 Å². The molecule has 3 nitrogen and oxygen atoms in total. The lowest BCUT2D eigenvalue weighted by Gasteiger charge is -2.47. The fraction of sp³-hybridized carbons (Fsp3) is 0.524. The van der Waals surface area contributed by atoms with E-state index in [4.69, 9.17) is 4.84 Å². The van der Waals surface area contributed by atoms with Crippen LogP contribution in [0.1, 0.15) is 30.6 Å². The first-order valence-electron chi connectivity index (χ1n) is 9.58. The van der Waals surface area contributed by atoms with E-state index in [1.165, 1.54) is 55.0 Å². The van der Waals surface area contributed by atoms with Crippen molar-refractivity contribution >= 4 is 11.3 Å². The van der Waals surface area contributed by atoms with Crippen molar-refractivity contribution in [2.75, 3.05) is 33.3 Å². The maximum atomic E-state index is 6.22. The Labute approximate surface area is 155 Å². The molecule has 0 spiro atoms. The molecule has 0 N–H and O–H groups in total. The molecule has 1 fully saturated rings. The second kappa shape index (κ2) is 7.58. The molecule has 3 heterocycles. The fourth-order valence-electron chi connectivity index (χ4n) is 4.66. The van der Waals surface area contributed by atoms with Crippen molar-refractivity contribution < 1.29 is 9.48 Å². The van der Waals surface area contributed by atoms with Gasteiger partial charge in [0.1, 0.15) is 12.6 Å². The molecule has 0 radical (unpaired) electrons. The summed E-state index contributed by atoms with van der Waals surface area (Å²) in [7, 11) is 1.91. The van der Waals surface area contributed by atoms with E-state index in [2.05, 4.69) is 46.7 Å². The topological polar surface area (TPSA) is 12.5 Å². The Morgan fingerprint density at radius 2 is 2.16 bits per heavy atom. The predicted molar refractivity (Wildman–Crippen MR) is 104 cm³/mol. The van der Waals surface area contributed by atoms with Crippen LogP contribution in [0.2, 0.25) is 0 Å². The van der Waals surface area contributed by atoms with E-state index in [-0.39, 0.29) is 0 Å². The second-order valence-electron chi connectivity index (χ2n) is 7.28. The number of hydrogen-bond acceptors (Lipinski definition) is 3. The minimum Gasteiger partial charge on any atom is -0.302 e. The molecule has 1 aromatic heterocycles. The Hall–Kier alpha value is -1.20. The normalized spacial score (nSPS) is 27.7. The smallest absolute Gasteiger partial charge is 0.168 e. The van der Waals surface area contributed by atoms with Gasteiger partial charge in [0.05, 0.1) is 7.11 Å². The van der Waals surface area contributed by atoms with E-state index in [0.717, 1.165) is 24.0 Å². The van der Waals surface area contributed by atoms with E-state index in [1.54, 1.807) is 0 Å². The molecule has 0 aromatic carbocycles. The molecule has 3 aliphatic rings. The minimum absolute atomic E-state index is 0.587. The van der Waals surface area contributed by atoms with Crippen LogP contribution in [0.4, 0.5) is 0 Å². The minimum atomic E-state index is 0.587. The molecule has 0 saturated carbocycles. The van der Waals surface area contributed by atoms with Crippen molar-refractivity contribution in [1.29, 1.82) is 0 Å². The number of nitrogens with zero attached hydrogens (tertiary/aromatic N) is 2. The first kappa shape index (κ1) is 17.2. The molecule has 1 saturated heterocycles. The standard InChI is InChI=1S/C21H29N2OS/c1-24-23(16-4-7-18-6-2-3-9-21(18)23)19-10-13-22(14-11-19)15-12-20-8-5-17-25-20/h2,5-9,17,19H,3-4,10-16H2,1H3/q+1. The molecule has 1 atom stereocenters. The van der Waals surface area contributed by atoms with E-state index < -0.39 is 0 Å². The summed E-state index contributed by atoms with van der Waals surface area (Å²) >= 11 is 1.88. The van der Waals surface area contributed by atoms with Gasteiger partial charge in [0.2, 0.25) is 0 Å². The van der Waals surface area contributed by atoms with Gasteiger partial charge < -0.3 is 4.90 Å². The number of rotatable bonds is 5. The largest absolute Gasteiger partial charge is 0.302 e. The summed E-state index contributed by atoms with van der Waals surface area (Å²) in [5.74, 6) is 0. The van der Waals surface area contributed by atoms with Gasteiger partial charge in [-0.15, -0.1) is 16.0 Å². The third-order valence-electron chi connectivity index (χ3n) is 6.00. The van der Waals surface area contributed by atoms with Crippen LogP contribution in [0.3, 0.4) is 0 Å². The number of allylic oxidation sites excluding steroid dienone is 3. The third kappa shape index (κ3) is 3.41. The highest BCUT2D eigenvalue weighted by atomic mass is 32.1. The molecule has 0 bridgehead atoms. The Morgan fingerprint density at radius 3 is 2.92 bits per heavy atom. The summed E-state index contributed by atoms with van der Waals surface area (Å²) in [4.78, 5) is 10.4. The predicted octanol–water partition coefficient (Wildman–Crippen LogP) is 4.31. The molecule has 2 aliphatic heterocycles. The van der Waals surface area contributed by atoms with Crippen molar-refractivity contribution in [2.24, 2.45) is 0 Å². The van der Waals surface area contributed by atoms with Gasteiger partial charge in [0.15, 0.2) is 5.70 Å². The molecule has 1 aliphatic carbocycles. The van der Waals surface area contributed by atoms with E-state index in [1.807, 2.05) is 18.4 Å². The highest BCUT2D eigenvalue weighted by molar-refractivity contribution is 7.09. The van der Waals surface area contributed by atoms with Gasteiger partial charge >= 0.3 is 0 Å². The molecular weight excluding hydrogens is 328 g/mol. The fourth-order valence-corrected chi connectivity index (χ4v) is 5.36. The molecule has 1 aromatic rings. The second-order valence-corrected chi connectivity index (χ2v) is 8.31. The number of quaternary nitrogens is 1. The maximum absolute atomic E-state index is 6.22. The zero-order chi connectivity index (χ0) is 17.1. The molecular formula is C21H29N2OS+. The molecule has 0 amide bonds. The summed E-state index contributed by atoms with van der Waals surface area (Å²) < 4.78 is 0.745. The molecule has 4 rings (SSSR count). The molecule has 1 unspecified atom stereocenters. The number of fused-ring (bicyclic) bond motifs is 1. The van der Waals surface area contributed by atoms with Crippen LogP contribution < -0.4 is 0 Å². The quantitative estimate of drug-likeness (QED) is 0.728. The maximum Gasteiger partial charge on any atom is 0.168 e. The molecule has 4 heteroatoms. The Balaban J connectivity index is 1.40. The number of piperidine rings is 1. The Kier molecular flexibility index (Phi) is 5.23. The molecule has 134 valence electrons. The van der Waals surface area contributed by atoms with Gasteiger partial charge in [0.25, 0.3) is 0 Å². The van der Waals surface area contributed by atoms with E-state index in [9.17, 15) is 0 Å². The Morgan fingerprint density at radius 1 is 1.28 bits per heavy atom. The highest BCUT2D eigenvalue weighted by Gasteiger charge is 2.46. The Bertz CT molecular complexity index is 668. The zero-order valence-electron chi connectivity index (χ0n) is 15.2. The summed E-state index contributed by atoms with van der Waals surface area (Å²) in [6, 6.07) is 5.00. The van der Waals surface area contributed by atoms with E-state index >= 15 is 0 Å². The lowest BCUT2D eigenvalue weighted by atomic mass is 9.93. The van der Waals surface area contributed by atoms with Gasteiger partial charge in [-0.25, -0.2) is 4.84 Å². The van der Waals surface area contributed by atoms with Crippen LogP contribution in [0.25, 0.3) is 0 Å². The van der Waals surface area contributed by atoms with Crippen LogP contribution in [0.15, 0.2) is 53.1 Å². The van der Waals surface area contributed by atoms with Crippen molar-refractivity contribution in [2.45, 2.75) is 38.1 Å². The average Bonchev–Trinajstić information content (AvgIpc) is 3.20. The van der Waals surface area contributed by atoms with Crippen molar-refractivity contribution in [1.82, 2.24) is 4.90 Å². The van der Waals surface area contributed by atoms with Crippen LogP contribution in [0.5, 0.6) is 0 Å². The third-order valence-corrected chi connectivity index (χ3v) is 6.94. The first-order chi connectivity index (χ1) is 12.3. The van der Waals surface area contributed by atoms with Crippen molar-refractivity contribution in [3.05, 3.63) is 58.0 Å². The van der Waals surface area contributed by atoms with Gasteiger partial charge in [-0.1, -0.05) is 24.3 Å². The number of hydroxylamine groups is 3. The summed E-state index contributed by atoms with van der Waals surface area (Å²) in [5, 5.41) is 2.18. The lowest BCUT2D eigenvalue weighted by Crippen LogP contribution is -2.59. The summed E-state index contributed by atoms with van der Waals surface area (Å²) in [6.45, 7) is 4.67. The SMILES string of the molecule is CO[N+]1(C2CCN(CCc3cccs3)CC2)CCC=C2C=CCC=C21. The van der Waals surface area contributed by atoms with Gasteiger partial charge in [0, 0.05) is 49.3 Å². The van der Waals surface area contributed by atoms with Gasteiger partial charge in [-0.3, -0.25) is 0 Å². The monoisotopic (exact) mass is 357 g/mol. The van der Waals surface area contributed by atoms with Crippen molar-refractivity contribution in [3.8, 4) is 0 Å². The van der Waals surface area contributed by atoms with Crippen LogP contribution >= 0.6 is 11.3 Å². The van der Waals surface area contributed by atoms with Crippen molar-refractivity contribution in [3.63, 3.8) is 0 Å².